The SMILES string of the molecule is CC(CN1CCCC1=O)NCc1ccccc1F. The Balaban J connectivity index is 1.80. The molecule has 18 heavy (non-hydrogen) atoms. The lowest BCUT2D eigenvalue weighted by Gasteiger charge is -2.21. The fraction of sp³-hybridized carbons (Fsp3) is 0.500. The molecule has 1 amide bonds. The van der Waals surface area contributed by atoms with Crippen molar-refractivity contribution in [2.75, 3.05) is 13.1 Å². The van der Waals surface area contributed by atoms with E-state index in [0.717, 1.165) is 13.0 Å². The third-order valence-corrected chi connectivity index (χ3v) is 3.26. The molecular weight excluding hydrogens is 231 g/mol. The van der Waals surface area contributed by atoms with E-state index >= 15 is 0 Å². The Morgan fingerprint density at radius 1 is 1.44 bits per heavy atom. The van der Waals surface area contributed by atoms with Crippen LogP contribution in [0.2, 0.25) is 0 Å². The molecule has 3 nitrogen and oxygen atoms in total. The van der Waals surface area contributed by atoms with Crippen molar-refractivity contribution in [3.8, 4) is 0 Å². The van der Waals surface area contributed by atoms with Crippen LogP contribution in [0.25, 0.3) is 0 Å². The number of halogens is 1. The highest BCUT2D eigenvalue weighted by molar-refractivity contribution is 5.78. The molecule has 0 aliphatic carbocycles. The van der Waals surface area contributed by atoms with Crippen LogP contribution in [0.15, 0.2) is 24.3 Å². The van der Waals surface area contributed by atoms with Crippen LogP contribution >= 0.6 is 0 Å². The van der Waals surface area contributed by atoms with Gasteiger partial charge in [0, 0.05) is 37.7 Å². The van der Waals surface area contributed by atoms with E-state index in [4.69, 9.17) is 0 Å². The van der Waals surface area contributed by atoms with Crippen molar-refractivity contribution in [2.24, 2.45) is 0 Å². The number of benzene rings is 1. The summed E-state index contributed by atoms with van der Waals surface area (Å²) in [5, 5.41) is 3.25. The van der Waals surface area contributed by atoms with Gasteiger partial charge in [-0.15, -0.1) is 0 Å². The maximum absolute atomic E-state index is 13.4. The summed E-state index contributed by atoms with van der Waals surface area (Å²) in [4.78, 5) is 13.4. The van der Waals surface area contributed by atoms with Gasteiger partial charge in [-0.1, -0.05) is 18.2 Å². The molecule has 1 heterocycles. The fourth-order valence-electron chi connectivity index (χ4n) is 2.22. The van der Waals surface area contributed by atoms with Gasteiger partial charge in [-0.05, 0) is 19.4 Å². The highest BCUT2D eigenvalue weighted by Crippen LogP contribution is 2.10. The van der Waals surface area contributed by atoms with Crippen LogP contribution < -0.4 is 5.32 Å². The number of nitrogens with zero attached hydrogens (tertiary/aromatic N) is 1. The van der Waals surface area contributed by atoms with Gasteiger partial charge in [-0.3, -0.25) is 4.79 Å². The molecule has 1 saturated heterocycles. The standard InChI is InChI=1S/C14H19FN2O/c1-11(10-17-8-4-7-14(17)18)16-9-12-5-2-3-6-13(12)15/h2-3,5-6,11,16H,4,7-10H2,1H3. The van der Waals surface area contributed by atoms with Crippen LogP contribution in [0.1, 0.15) is 25.3 Å². The van der Waals surface area contributed by atoms with Gasteiger partial charge in [0.25, 0.3) is 0 Å². The zero-order valence-electron chi connectivity index (χ0n) is 10.7. The monoisotopic (exact) mass is 250 g/mol. The molecular formula is C14H19FN2O. The molecule has 1 aromatic carbocycles. The number of likely N-dealkylation sites (tertiary alicyclic amines) is 1. The number of amides is 1. The third-order valence-electron chi connectivity index (χ3n) is 3.26. The fourth-order valence-corrected chi connectivity index (χ4v) is 2.22. The minimum atomic E-state index is -0.186. The summed E-state index contributed by atoms with van der Waals surface area (Å²) in [6.07, 6.45) is 1.62. The summed E-state index contributed by atoms with van der Waals surface area (Å²) in [6.45, 7) is 4.07. The van der Waals surface area contributed by atoms with Crippen LogP contribution in [0, 0.1) is 5.82 Å². The van der Waals surface area contributed by atoms with Crippen molar-refractivity contribution in [2.45, 2.75) is 32.4 Å². The molecule has 98 valence electrons. The van der Waals surface area contributed by atoms with E-state index in [9.17, 15) is 9.18 Å². The molecule has 1 aliphatic heterocycles. The lowest BCUT2D eigenvalue weighted by atomic mass is 10.2. The molecule has 4 heteroatoms. The lowest BCUT2D eigenvalue weighted by Crippen LogP contribution is -2.39. The maximum Gasteiger partial charge on any atom is 0.222 e. The van der Waals surface area contributed by atoms with Gasteiger partial charge < -0.3 is 10.2 Å². The molecule has 1 aromatic rings. The van der Waals surface area contributed by atoms with E-state index in [-0.39, 0.29) is 17.8 Å². The molecule has 1 atom stereocenters. The Labute approximate surface area is 107 Å². The predicted molar refractivity (Wildman–Crippen MR) is 68.5 cm³/mol. The minimum absolute atomic E-state index is 0.173. The molecule has 1 fully saturated rings. The Morgan fingerprint density at radius 3 is 2.89 bits per heavy atom. The second kappa shape index (κ2) is 5.96. The first-order valence-corrected chi connectivity index (χ1v) is 6.41. The quantitative estimate of drug-likeness (QED) is 0.866. The number of hydrogen-bond acceptors (Lipinski definition) is 2. The van der Waals surface area contributed by atoms with Crippen molar-refractivity contribution >= 4 is 5.91 Å². The smallest absolute Gasteiger partial charge is 0.222 e. The number of carbonyl (C=O) groups is 1. The van der Waals surface area contributed by atoms with Gasteiger partial charge in [0.2, 0.25) is 5.91 Å². The average Bonchev–Trinajstić information content (AvgIpc) is 2.74. The Bertz CT molecular complexity index is 422. The van der Waals surface area contributed by atoms with E-state index < -0.39 is 0 Å². The molecule has 0 bridgehead atoms. The lowest BCUT2D eigenvalue weighted by molar-refractivity contribution is -0.127. The summed E-state index contributed by atoms with van der Waals surface area (Å²) in [7, 11) is 0. The van der Waals surface area contributed by atoms with Gasteiger partial charge >= 0.3 is 0 Å². The average molecular weight is 250 g/mol. The number of rotatable bonds is 5. The summed E-state index contributed by atoms with van der Waals surface area (Å²) in [5.74, 6) is 0.0454. The first-order chi connectivity index (χ1) is 8.66. The Hall–Kier alpha value is -1.42. The van der Waals surface area contributed by atoms with E-state index in [1.165, 1.54) is 6.07 Å². The summed E-state index contributed by atoms with van der Waals surface area (Å²) in [6, 6.07) is 6.92. The highest BCUT2D eigenvalue weighted by Gasteiger charge is 2.21. The van der Waals surface area contributed by atoms with Crippen LogP contribution in [0.5, 0.6) is 0 Å². The van der Waals surface area contributed by atoms with E-state index in [2.05, 4.69) is 5.32 Å². The third kappa shape index (κ3) is 3.29. The van der Waals surface area contributed by atoms with Crippen molar-refractivity contribution < 1.29 is 9.18 Å². The molecule has 0 spiro atoms. The number of nitrogens with one attached hydrogen (secondary N) is 1. The van der Waals surface area contributed by atoms with Crippen LogP contribution in [-0.4, -0.2) is 29.9 Å². The first-order valence-electron chi connectivity index (χ1n) is 6.41. The molecule has 1 unspecified atom stereocenters. The predicted octanol–water partition coefficient (Wildman–Crippen LogP) is 1.93. The van der Waals surface area contributed by atoms with Gasteiger partial charge in [0.05, 0.1) is 0 Å². The zero-order valence-corrected chi connectivity index (χ0v) is 10.7. The van der Waals surface area contributed by atoms with Crippen molar-refractivity contribution in [3.63, 3.8) is 0 Å². The maximum atomic E-state index is 13.4. The van der Waals surface area contributed by atoms with Crippen LogP contribution in [-0.2, 0) is 11.3 Å². The Kier molecular flexibility index (Phi) is 4.31. The molecule has 1 aliphatic rings. The molecule has 2 rings (SSSR count). The van der Waals surface area contributed by atoms with Gasteiger partial charge in [-0.25, -0.2) is 4.39 Å². The topological polar surface area (TPSA) is 32.3 Å². The molecule has 0 aromatic heterocycles. The van der Waals surface area contributed by atoms with Crippen LogP contribution in [0.3, 0.4) is 0 Å². The van der Waals surface area contributed by atoms with Gasteiger partial charge in [-0.2, -0.15) is 0 Å². The summed E-state index contributed by atoms with van der Waals surface area (Å²) < 4.78 is 13.4. The molecule has 0 radical (unpaired) electrons. The van der Waals surface area contributed by atoms with E-state index in [0.29, 0.717) is 25.1 Å². The van der Waals surface area contributed by atoms with Crippen molar-refractivity contribution in [3.05, 3.63) is 35.6 Å². The number of hydrogen-bond donors (Lipinski definition) is 1. The van der Waals surface area contributed by atoms with Gasteiger partial charge in [0.15, 0.2) is 0 Å². The highest BCUT2D eigenvalue weighted by atomic mass is 19.1. The summed E-state index contributed by atoms with van der Waals surface area (Å²) >= 11 is 0. The number of carbonyl (C=O) groups excluding carboxylic acids is 1. The van der Waals surface area contributed by atoms with Gasteiger partial charge in [0.1, 0.15) is 5.82 Å². The minimum Gasteiger partial charge on any atom is -0.341 e. The first kappa shape index (κ1) is 13.0. The molecule has 1 N–H and O–H groups in total. The second-order valence-corrected chi connectivity index (χ2v) is 4.82. The largest absolute Gasteiger partial charge is 0.341 e. The van der Waals surface area contributed by atoms with Crippen LogP contribution in [0.4, 0.5) is 4.39 Å². The Morgan fingerprint density at radius 2 is 2.22 bits per heavy atom. The van der Waals surface area contributed by atoms with E-state index in [1.807, 2.05) is 17.9 Å². The normalized spacial score (nSPS) is 17.2. The van der Waals surface area contributed by atoms with Crippen molar-refractivity contribution in [1.82, 2.24) is 10.2 Å². The van der Waals surface area contributed by atoms with Crippen molar-refractivity contribution in [1.29, 1.82) is 0 Å². The van der Waals surface area contributed by atoms with E-state index in [1.54, 1.807) is 12.1 Å². The molecule has 0 saturated carbocycles. The second-order valence-electron chi connectivity index (χ2n) is 4.82. The zero-order chi connectivity index (χ0) is 13.0. The summed E-state index contributed by atoms with van der Waals surface area (Å²) in [5.41, 5.74) is 0.664.